The molecule has 2 aromatic rings. The fourth-order valence-electron chi connectivity index (χ4n) is 1.35. The van der Waals surface area contributed by atoms with Gasteiger partial charge in [-0.2, -0.15) is 0 Å². The Kier molecular flexibility index (Phi) is 2.96. The van der Waals surface area contributed by atoms with E-state index < -0.39 is 11.6 Å². The molecule has 0 saturated heterocycles. The average Bonchev–Trinajstić information content (AvgIpc) is 2.15. The summed E-state index contributed by atoms with van der Waals surface area (Å²) in [7, 11) is 0. The van der Waals surface area contributed by atoms with Crippen molar-refractivity contribution < 1.29 is 8.78 Å². The van der Waals surface area contributed by atoms with E-state index in [1.54, 1.807) is 13.0 Å². The van der Waals surface area contributed by atoms with Crippen molar-refractivity contribution in [1.29, 1.82) is 0 Å². The lowest BCUT2D eigenvalue weighted by Gasteiger charge is -2.04. The van der Waals surface area contributed by atoms with E-state index in [1.165, 1.54) is 18.2 Å². The third-order valence-electron chi connectivity index (χ3n) is 2.01. The molecule has 5 heteroatoms. The number of nitrogens with zero attached hydrogens (tertiary/aromatic N) is 2. The molecule has 0 saturated carbocycles. The molecule has 16 heavy (non-hydrogen) atoms. The lowest BCUT2D eigenvalue weighted by Crippen LogP contribution is -1.97. The fourth-order valence-corrected chi connectivity index (χ4v) is 1.85. The summed E-state index contributed by atoms with van der Waals surface area (Å²) in [6.45, 7) is 1.73. The Hall–Kier alpha value is -1.36. The Morgan fingerprint density at radius 1 is 1.12 bits per heavy atom. The molecule has 82 valence electrons. The van der Waals surface area contributed by atoms with E-state index in [1.807, 2.05) is 0 Å². The second-order valence-electron chi connectivity index (χ2n) is 3.25. The molecule has 0 aliphatic carbocycles. The van der Waals surface area contributed by atoms with Crippen LogP contribution >= 0.6 is 15.9 Å². The highest BCUT2D eigenvalue weighted by Crippen LogP contribution is 2.24. The van der Waals surface area contributed by atoms with Crippen LogP contribution in [-0.4, -0.2) is 9.97 Å². The van der Waals surface area contributed by atoms with Gasteiger partial charge in [-0.25, -0.2) is 18.7 Å². The molecule has 0 spiro atoms. The van der Waals surface area contributed by atoms with Gasteiger partial charge in [0.25, 0.3) is 0 Å². The van der Waals surface area contributed by atoms with Crippen LogP contribution in [-0.2, 0) is 0 Å². The normalized spacial score (nSPS) is 10.5. The summed E-state index contributed by atoms with van der Waals surface area (Å²) in [6, 6.07) is 5.33. The van der Waals surface area contributed by atoms with Gasteiger partial charge in [-0.05, 0) is 41.1 Å². The number of halogens is 3. The van der Waals surface area contributed by atoms with E-state index in [0.29, 0.717) is 10.3 Å². The lowest BCUT2D eigenvalue weighted by molar-refractivity contribution is 0.587. The first-order valence-corrected chi connectivity index (χ1v) is 5.33. The molecule has 0 bridgehead atoms. The van der Waals surface area contributed by atoms with Gasteiger partial charge in [-0.3, -0.25) is 0 Å². The molecule has 1 heterocycles. The molecule has 0 atom stereocenters. The molecule has 2 rings (SSSR count). The molecule has 1 aromatic carbocycles. The van der Waals surface area contributed by atoms with Gasteiger partial charge < -0.3 is 0 Å². The Morgan fingerprint density at radius 3 is 2.31 bits per heavy atom. The van der Waals surface area contributed by atoms with Crippen molar-refractivity contribution in [3.8, 4) is 11.4 Å². The van der Waals surface area contributed by atoms with Crippen LogP contribution in [0.5, 0.6) is 0 Å². The summed E-state index contributed by atoms with van der Waals surface area (Å²) in [5, 5.41) is 0. The van der Waals surface area contributed by atoms with Crippen molar-refractivity contribution >= 4 is 15.9 Å². The van der Waals surface area contributed by atoms with Crippen molar-refractivity contribution in [1.82, 2.24) is 9.97 Å². The summed E-state index contributed by atoms with van der Waals surface area (Å²) >= 11 is 3.16. The van der Waals surface area contributed by atoms with Crippen LogP contribution in [0.25, 0.3) is 11.4 Å². The van der Waals surface area contributed by atoms with Crippen LogP contribution in [0, 0.1) is 18.6 Å². The quantitative estimate of drug-likeness (QED) is 0.749. The second-order valence-corrected chi connectivity index (χ2v) is 4.06. The maximum absolute atomic E-state index is 13.5. The smallest absolute Gasteiger partial charge is 0.166 e. The van der Waals surface area contributed by atoms with Gasteiger partial charge in [-0.15, -0.1) is 0 Å². The second kappa shape index (κ2) is 4.25. The molecule has 0 aliphatic heterocycles. The monoisotopic (exact) mass is 284 g/mol. The number of aromatic nitrogens is 2. The van der Waals surface area contributed by atoms with Crippen molar-refractivity contribution in [2.24, 2.45) is 0 Å². The molecular formula is C11H7BrF2N2. The van der Waals surface area contributed by atoms with Crippen molar-refractivity contribution in [3.63, 3.8) is 0 Å². The highest BCUT2D eigenvalue weighted by Gasteiger charge is 2.14. The standard InChI is InChI=1S/C11H7BrF2N2/c1-6-5-9(12)16-11(15-6)10-7(13)3-2-4-8(10)14/h2-5H,1H3. The van der Waals surface area contributed by atoms with Gasteiger partial charge in [0.15, 0.2) is 5.82 Å². The van der Waals surface area contributed by atoms with Gasteiger partial charge in [0, 0.05) is 5.69 Å². The Balaban J connectivity index is 2.67. The molecule has 2 nitrogen and oxygen atoms in total. The van der Waals surface area contributed by atoms with Crippen LogP contribution in [0.2, 0.25) is 0 Å². The van der Waals surface area contributed by atoms with E-state index in [-0.39, 0.29) is 11.4 Å². The van der Waals surface area contributed by atoms with Crippen molar-refractivity contribution in [2.75, 3.05) is 0 Å². The third-order valence-corrected chi connectivity index (χ3v) is 2.42. The molecule has 0 amide bonds. The van der Waals surface area contributed by atoms with Gasteiger partial charge in [-0.1, -0.05) is 6.07 Å². The number of hydrogen-bond donors (Lipinski definition) is 0. The molecule has 0 unspecified atom stereocenters. The Bertz CT molecular complexity index is 503. The number of benzene rings is 1. The SMILES string of the molecule is Cc1cc(Br)nc(-c2c(F)cccc2F)n1. The molecular weight excluding hydrogens is 278 g/mol. The van der Waals surface area contributed by atoms with E-state index in [4.69, 9.17) is 0 Å². The Labute approximate surface area is 99.5 Å². The van der Waals surface area contributed by atoms with Crippen molar-refractivity contribution in [2.45, 2.75) is 6.92 Å². The molecule has 0 N–H and O–H groups in total. The number of hydrogen-bond acceptors (Lipinski definition) is 2. The highest BCUT2D eigenvalue weighted by atomic mass is 79.9. The van der Waals surface area contributed by atoms with Crippen LogP contribution in [0.15, 0.2) is 28.9 Å². The fraction of sp³-hybridized carbons (Fsp3) is 0.0909. The van der Waals surface area contributed by atoms with E-state index >= 15 is 0 Å². The molecule has 1 aromatic heterocycles. The van der Waals surface area contributed by atoms with Crippen LogP contribution in [0.1, 0.15) is 5.69 Å². The summed E-state index contributed by atoms with van der Waals surface area (Å²) < 4.78 is 27.4. The summed E-state index contributed by atoms with van der Waals surface area (Å²) in [6.07, 6.45) is 0. The molecule has 0 fully saturated rings. The summed E-state index contributed by atoms with van der Waals surface area (Å²) in [5.41, 5.74) is 0.437. The first-order chi connectivity index (χ1) is 7.58. The molecule has 0 aliphatic rings. The van der Waals surface area contributed by atoms with Crippen LogP contribution < -0.4 is 0 Å². The topological polar surface area (TPSA) is 25.8 Å². The van der Waals surface area contributed by atoms with Gasteiger partial charge >= 0.3 is 0 Å². The minimum absolute atomic E-state index is 0.0440. The predicted molar refractivity (Wildman–Crippen MR) is 59.8 cm³/mol. The third kappa shape index (κ3) is 2.09. The number of rotatable bonds is 1. The van der Waals surface area contributed by atoms with Crippen LogP contribution in [0.3, 0.4) is 0 Å². The Morgan fingerprint density at radius 2 is 1.75 bits per heavy atom. The zero-order valence-electron chi connectivity index (χ0n) is 8.34. The molecule has 0 radical (unpaired) electrons. The first-order valence-electron chi connectivity index (χ1n) is 4.53. The minimum Gasteiger partial charge on any atom is -0.233 e. The lowest BCUT2D eigenvalue weighted by atomic mass is 10.2. The maximum Gasteiger partial charge on any atom is 0.166 e. The number of aryl methyl sites for hydroxylation is 1. The van der Waals surface area contributed by atoms with Gasteiger partial charge in [0.05, 0.1) is 5.56 Å². The van der Waals surface area contributed by atoms with Crippen LogP contribution in [0.4, 0.5) is 8.78 Å². The largest absolute Gasteiger partial charge is 0.233 e. The van der Waals surface area contributed by atoms with E-state index in [0.717, 1.165) is 0 Å². The summed E-state index contributed by atoms with van der Waals surface area (Å²) in [4.78, 5) is 7.96. The first kappa shape index (κ1) is 11.1. The zero-order chi connectivity index (χ0) is 11.7. The highest BCUT2D eigenvalue weighted by molar-refractivity contribution is 9.10. The van der Waals surface area contributed by atoms with Gasteiger partial charge in [0.1, 0.15) is 16.2 Å². The van der Waals surface area contributed by atoms with E-state index in [2.05, 4.69) is 25.9 Å². The van der Waals surface area contributed by atoms with Crippen molar-refractivity contribution in [3.05, 3.63) is 46.2 Å². The predicted octanol–water partition coefficient (Wildman–Crippen LogP) is 3.49. The zero-order valence-corrected chi connectivity index (χ0v) is 9.92. The minimum atomic E-state index is -0.669. The van der Waals surface area contributed by atoms with E-state index in [9.17, 15) is 8.78 Å². The maximum atomic E-state index is 13.5. The summed E-state index contributed by atoms with van der Waals surface area (Å²) in [5.74, 6) is -1.29. The van der Waals surface area contributed by atoms with Gasteiger partial charge in [0.2, 0.25) is 0 Å². The average molecular weight is 285 g/mol.